The third-order valence-corrected chi connectivity index (χ3v) is 3.14. The van der Waals surface area contributed by atoms with E-state index in [1.54, 1.807) is 32.9 Å². The second-order valence-electron chi connectivity index (χ2n) is 6.38. The van der Waals surface area contributed by atoms with Crippen LogP contribution in [0.4, 0.5) is 4.79 Å². The summed E-state index contributed by atoms with van der Waals surface area (Å²) in [5, 5.41) is 0. The molecule has 0 spiro atoms. The highest BCUT2D eigenvalue weighted by Gasteiger charge is 2.23. The Kier molecular flexibility index (Phi) is 8.84. The van der Waals surface area contributed by atoms with E-state index in [9.17, 15) is 9.59 Å². The minimum absolute atomic E-state index is 0.166. The van der Waals surface area contributed by atoms with Crippen LogP contribution in [0, 0.1) is 5.92 Å². The number of nitrogens with zero attached hydrogens (tertiary/aromatic N) is 1. The summed E-state index contributed by atoms with van der Waals surface area (Å²) in [6.07, 6.45) is 4.63. The molecule has 0 aliphatic heterocycles. The highest BCUT2D eigenvalue weighted by Crippen LogP contribution is 2.25. The van der Waals surface area contributed by atoms with E-state index in [1.807, 2.05) is 0 Å². The fraction of sp³-hybridized carbons (Fsp3) is 0.611. The Morgan fingerprint density at radius 2 is 1.96 bits per heavy atom. The number of esters is 1. The molecule has 1 atom stereocenters. The Balaban J connectivity index is 2.27. The minimum atomic E-state index is -0.653. The van der Waals surface area contributed by atoms with E-state index in [0.29, 0.717) is 24.5 Å². The van der Waals surface area contributed by atoms with Gasteiger partial charge in [0.15, 0.2) is 11.5 Å². The number of rotatable bonds is 8. The van der Waals surface area contributed by atoms with E-state index in [4.69, 9.17) is 23.7 Å². The van der Waals surface area contributed by atoms with E-state index in [1.165, 1.54) is 20.4 Å². The Morgan fingerprint density at radius 3 is 2.58 bits per heavy atom. The summed E-state index contributed by atoms with van der Waals surface area (Å²) in [6, 6.07) is 0. The van der Waals surface area contributed by atoms with Crippen molar-refractivity contribution in [2.24, 2.45) is 10.9 Å². The van der Waals surface area contributed by atoms with Gasteiger partial charge in [-0.2, -0.15) is 4.99 Å². The molecule has 8 heteroatoms. The van der Waals surface area contributed by atoms with Crippen molar-refractivity contribution < 1.29 is 33.3 Å². The third kappa shape index (κ3) is 8.15. The molecule has 26 heavy (non-hydrogen) atoms. The first-order valence-corrected chi connectivity index (χ1v) is 8.27. The maximum atomic E-state index is 11.6. The van der Waals surface area contributed by atoms with Gasteiger partial charge >= 0.3 is 12.1 Å². The lowest BCUT2D eigenvalue weighted by molar-refractivity contribution is -0.143. The number of carbonyl (C=O) groups is 2. The number of amides is 1. The van der Waals surface area contributed by atoms with E-state index in [2.05, 4.69) is 4.99 Å². The largest absolute Gasteiger partial charge is 0.493 e. The average Bonchev–Trinajstić information content (AvgIpc) is 2.58. The summed E-state index contributed by atoms with van der Waals surface area (Å²) in [7, 11) is 2.86. The van der Waals surface area contributed by atoms with Gasteiger partial charge in [-0.05, 0) is 39.3 Å². The summed E-state index contributed by atoms with van der Waals surface area (Å²) in [4.78, 5) is 26.5. The second-order valence-corrected chi connectivity index (χ2v) is 6.38. The summed E-state index contributed by atoms with van der Waals surface area (Å²) in [6.45, 7) is 6.06. The third-order valence-electron chi connectivity index (χ3n) is 3.14. The molecule has 0 N–H and O–H groups in total. The normalized spacial score (nSPS) is 17.3. The monoisotopic (exact) mass is 369 g/mol. The molecule has 1 unspecified atom stereocenters. The first-order chi connectivity index (χ1) is 12.3. The SMILES string of the molecule is COC(=O)C1C=C(OC)C(OCCOC/C=N/C(=O)OC(C)(C)C)=CC1. The van der Waals surface area contributed by atoms with Crippen molar-refractivity contribution in [1.29, 1.82) is 0 Å². The van der Waals surface area contributed by atoms with Crippen LogP contribution in [0.25, 0.3) is 0 Å². The van der Waals surface area contributed by atoms with Crippen molar-refractivity contribution in [1.82, 2.24) is 0 Å². The zero-order valence-corrected chi connectivity index (χ0v) is 15.9. The number of hydrogen-bond acceptors (Lipinski definition) is 7. The molecule has 146 valence electrons. The predicted octanol–water partition coefficient (Wildman–Crippen LogP) is 2.63. The van der Waals surface area contributed by atoms with Gasteiger partial charge in [0.1, 0.15) is 12.2 Å². The summed E-state index contributed by atoms with van der Waals surface area (Å²) in [5.41, 5.74) is -0.573. The van der Waals surface area contributed by atoms with E-state index < -0.39 is 11.7 Å². The number of aliphatic imine (C=N–C) groups is 1. The van der Waals surface area contributed by atoms with Crippen LogP contribution in [0.3, 0.4) is 0 Å². The van der Waals surface area contributed by atoms with Gasteiger partial charge in [-0.15, -0.1) is 0 Å². The second kappa shape index (κ2) is 10.6. The standard InChI is InChI=1S/C18H27NO7/c1-18(2,3)26-17(21)19-8-9-24-10-11-25-14-7-6-13(16(20)23-5)12-15(14)22-4/h7-8,12-13H,6,9-11H2,1-5H3/b19-8+. The molecular weight excluding hydrogens is 342 g/mol. The van der Waals surface area contributed by atoms with Crippen LogP contribution in [-0.4, -0.2) is 57.9 Å². The highest BCUT2D eigenvalue weighted by molar-refractivity contribution is 5.79. The van der Waals surface area contributed by atoms with Crippen molar-refractivity contribution in [3.63, 3.8) is 0 Å². The number of carbonyl (C=O) groups excluding carboxylic acids is 2. The summed E-state index contributed by atoms with van der Waals surface area (Å²) in [5.74, 6) is 0.349. The lowest BCUT2D eigenvalue weighted by atomic mass is 9.99. The van der Waals surface area contributed by atoms with Crippen molar-refractivity contribution in [3.8, 4) is 0 Å². The molecule has 0 aromatic heterocycles. The molecule has 0 bridgehead atoms. The Labute approximate surface area is 153 Å². The molecule has 0 aromatic rings. The molecule has 0 heterocycles. The van der Waals surface area contributed by atoms with Crippen LogP contribution in [0.5, 0.6) is 0 Å². The summed E-state index contributed by atoms with van der Waals surface area (Å²) >= 11 is 0. The molecule has 0 radical (unpaired) electrons. The molecule has 0 saturated heterocycles. The fourth-order valence-corrected chi connectivity index (χ4v) is 2.03. The van der Waals surface area contributed by atoms with Crippen LogP contribution in [0.1, 0.15) is 27.2 Å². The molecule has 8 nitrogen and oxygen atoms in total. The Bertz CT molecular complexity index is 573. The van der Waals surface area contributed by atoms with Crippen LogP contribution < -0.4 is 0 Å². The first-order valence-electron chi connectivity index (χ1n) is 8.27. The van der Waals surface area contributed by atoms with Gasteiger partial charge < -0.3 is 23.7 Å². The number of allylic oxidation sites excluding steroid dienone is 1. The van der Waals surface area contributed by atoms with Crippen molar-refractivity contribution in [2.75, 3.05) is 34.0 Å². The van der Waals surface area contributed by atoms with Gasteiger partial charge in [-0.3, -0.25) is 4.79 Å². The first kappa shape index (κ1) is 21.7. The lowest BCUT2D eigenvalue weighted by Crippen LogP contribution is -2.22. The summed E-state index contributed by atoms with van der Waals surface area (Å²) < 4.78 is 25.9. The van der Waals surface area contributed by atoms with Gasteiger partial charge in [0, 0.05) is 6.21 Å². The zero-order chi connectivity index (χ0) is 19.6. The van der Waals surface area contributed by atoms with Crippen LogP contribution in [-0.2, 0) is 28.5 Å². The highest BCUT2D eigenvalue weighted by atomic mass is 16.6. The Morgan fingerprint density at radius 1 is 1.23 bits per heavy atom. The molecule has 1 aliphatic rings. The van der Waals surface area contributed by atoms with Gasteiger partial charge in [0.25, 0.3) is 0 Å². The van der Waals surface area contributed by atoms with Gasteiger partial charge in [-0.25, -0.2) is 4.79 Å². The quantitative estimate of drug-likeness (QED) is 0.369. The molecule has 0 fully saturated rings. The minimum Gasteiger partial charge on any atom is -0.493 e. The smallest absolute Gasteiger partial charge is 0.433 e. The van der Waals surface area contributed by atoms with Crippen LogP contribution in [0.15, 0.2) is 28.7 Å². The van der Waals surface area contributed by atoms with Crippen molar-refractivity contribution in [2.45, 2.75) is 32.8 Å². The molecule has 1 amide bonds. The predicted molar refractivity (Wildman–Crippen MR) is 94.8 cm³/mol. The van der Waals surface area contributed by atoms with E-state index in [0.717, 1.165) is 0 Å². The van der Waals surface area contributed by atoms with E-state index in [-0.39, 0.29) is 25.1 Å². The molecule has 0 aromatic carbocycles. The lowest BCUT2D eigenvalue weighted by Gasteiger charge is -2.20. The molecule has 1 rings (SSSR count). The number of ether oxygens (including phenoxy) is 5. The number of methoxy groups -OCH3 is 2. The Hall–Kier alpha value is -2.35. The molecular formula is C18H27NO7. The maximum absolute atomic E-state index is 11.6. The average molecular weight is 369 g/mol. The van der Waals surface area contributed by atoms with Gasteiger partial charge in [0.2, 0.25) is 0 Å². The molecule has 1 aliphatic carbocycles. The number of hydrogen-bond donors (Lipinski definition) is 0. The van der Waals surface area contributed by atoms with Gasteiger partial charge in [-0.1, -0.05) is 0 Å². The van der Waals surface area contributed by atoms with Crippen molar-refractivity contribution in [3.05, 3.63) is 23.7 Å². The van der Waals surface area contributed by atoms with Crippen LogP contribution >= 0.6 is 0 Å². The molecule has 0 saturated carbocycles. The van der Waals surface area contributed by atoms with Crippen LogP contribution in [0.2, 0.25) is 0 Å². The van der Waals surface area contributed by atoms with Crippen molar-refractivity contribution >= 4 is 18.3 Å². The zero-order valence-electron chi connectivity index (χ0n) is 15.9. The maximum Gasteiger partial charge on any atom is 0.433 e. The van der Waals surface area contributed by atoms with E-state index >= 15 is 0 Å². The fourth-order valence-electron chi connectivity index (χ4n) is 2.03. The topological polar surface area (TPSA) is 92.7 Å². The van der Waals surface area contributed by atoms with Gasteiger partial charge in [0.05, 0.1) is 33.4 Å².